The van der Waals surface area contributed by atoms with Crippen LogP contribution in [-0.2, 0) is 24.0 Å². The van der Waals surface area contributed by atoms with Gasteiger partial charge >= 0.3 is 0 Å². The number of nitrogens with zero attached hydrogens (tertiary/aromatic N) is 2. The fraction of sp³-hybridized carbons (Fsp3) is 0.697. The summed E-state index contributed by atoms with van der Waals surface area (Å²) in [6.07, 6.45) is 9.65. The molecule has 5 amide bonds. The molecule has 0 radical (unpaired) electrons. The largest absolute Gasteiger partial charge is 0.354 e. The number of nitrogens with one attached hydrogen (secondary N) is 5. The van der Waals surface area contributed by atoms with Gasteiger partial charge in [-0.15, -0.1) is 0 Å². The molecule has 13 nitrogen and oxygen atoms in total. The second-order valence-electron chi connectivity index (χ2n) is 14.0. The molecule has 2 unspecified atom stereocenters. The van der Waals surface area contributed by atoms with Gasteiger partial charge in [-0.1, -0.05) is 54.4 Å². The maximum atomic E-state index is 13.5. The summed E-state index contributed by atoms with van der Waals surface area (Å²) in [7, 11) is 0. The zero-order valence-electron chi connectivity index (χ0n) is 28.0. The molecule has 46 heavy (non-hydrogen) atoms. The molecule has 13 heteroatoms. The smallest absolute Gasteiger partial charge is 0.289 e. The molecular formula is C33H51N7O6. The molecule has 5 N–H and O–H groups in total. The SMILES string of the molecule is CCCC(NC(=O)C[C@H]1CCC[C@H]1CNC(=O)C(NC(=O)[C@H](NC(=O)c1cnccn1)C(C)C)C(C)(C)C)C(=O)C(=O)NC1CC1. The number of carbonyl (C=O) groups is 6. The summed E-state index contributed by atoms with van der Waals surface area (Å²) in [5.74, 6) is -3.14. The van der Waals surface area contributed by atoms with Crippen LogP contribution in [0, 0.1) is 23.2 Å². The average molecular weight is 642 g/mol. The van der Waals surface area contributed by atoms with Gasteiger partial charge in [-0.3, -0.25) is 33.8 Å². The van der Waals surface area contributed by atoms with Crippen molar-refractivity contribution in [1.29, 1.82) is 0 Å². The molecule has 0 saturated heterocycles. The van der Waals surface area contributed by atoms with E-state index in [0.717, 1.165) is 32.1 Å². The molecule has 254 valence electrons. The molecule has 2 aliphatic rings. The Morgan fingerprint density at radius 3 is 2.20 bits per heavy atom. The number of rotatable bonds is 16. The summed E-state index contributed by atoms with van der Waals surface area (Å²) in [5, 5.41) is 14.0. The standard InChI is InChI=1S/C33H51N7O6/c1-7-9-23(27(42)31(45)37-22-12-13-22)38-25(41)16-20-10-8-11-21(20)17-36-32(46)28(33(4,5)6)40-30(44)26(19(2)3)39-29(43)24-18-34-14-15-35-24/h14-15,18-23,26,28H,7-13,16-17H2,1-6H3,(H,36,46)(H,37,45)(H,38,41)(H,39,43)(H,40,44)/t20-,21+,23?,26-,28?/m1/s1. The van der Waals surface area contributed by atoms with Crippen molar-refractivity contribution in [2.24, 2.45) is 23.2 Å². The Hall–Kier alpha value is -3.90. The van der Waals surface area contributed by atoms with Crippen LogP contribution < -0.4 is 26.6 Å². The van der Waals surface area contributed by atoms with E-state index < -0.39 is 47.0 Å². The van der Waals surface area contributed by atoms with Gasteiger partial charge in [-0.05, 0) is 55.3 Å². The third-order valence-corrected chi connectivity index (χ3v) is 8.61. The van der Waals surface area contributed by atoms with Crippen LogP contribution in [0.2, 0.25) is 0 Å². The van der Waals surface area contributed by atoms with E-state index in [4.69, 9.17) is 0 Å². The Balaban J connectivity index is 1.57. The average Bonchev–Trinajstić information content (AvgIpc) is 3.71. The van der Waals surface area contributed by atoms with Crippen LogP contribution in [0.4, 0.5) is 0 Å². The van der Waals surface area contributed by atoms with Crippen molar-refractivity contribution in [3.05, 3.63) is 24.3 Å². The van der Waals surface area contributed by atoms with E-state index in [0.29, 0.717) is 19.4 Å². The molecule has 2 aliphatic carbocycles. The molecule has 0 aromatic carbocycles. The molecule has 0 aliphatic heterocycles. The van der Waals surface area contributed by atoms with E-state index in [-0.39, 0.29) is 47.7 Å². The summed E-state index contributed by atoms with van der Waals surface area (Å²) < 4.78 is 0. The van der Waals surface area contributed by atoms with Crippen LogP contribution >= 0.6 is 0 Å². The van der Waals surface area contributed by atoms with Gasteiger partial charge in [0.05, 0.1) is 12.2 Å². The van der Waals surface area contributed by atoms with E-state index >= 15 is 0 Å². The first kappa shape index (κ1) is 36.6. The summed E-state index contributed by atoms with van der Waals surface area (Å²) >= 11 is 0. The van der Waals surface area contributed by atoms with Crippen LogP contribution in [-0.4, -0.2) is 76.0 Å². The summed E-state index contributed by atoms with van der Waals surface area (Å²) in [5.41, 5.74) is -0.560. The van der Waals surface area contributed by atoms with E-state index in [1.807, 2.05) is 27.7 Å². The van der Waals surface area contributed by atoms with Crippen molar-refractivity contribution in [1.82, 2.24) is 36.6 Å². The molecule has 5 atom stereocenters. The maximum absolute atomic E-state index is 13.5. The Bertz CT molecular complexity index is 1240. The molecule has 0 bridgehead atoms. The highest BCUT2D eigenvalue weighted by atomic mass is 16.2. The first-order chi connectivity index (χ1) is 21.7. The summed E-state index contributed by atoms with van der Waals surface area (Å²) in [6, 6.07) is -2.59. The maximum Gasteiger partial charge on any atom is 0.289 e. The van der Waals surface area contributed by atoms with Crippen molar-refractivity contribution >= 4 is 35.3 Å². The van der Waals surface area contributed by atoms with Crippen LogP contribution in [0.25, 0.3) is 0 Å². The number of Topliss-reactive ketones (excluding diaryl/α,β-unsaturated/α-hetero) is 1. The number of hydrogen-bond acceptors (Lipinski definition) is 8. The van der Waals surface area contributed by atoms with Crippen molar-refractivity contribution < 1.29 is 28.8 Å². The molecule has 1 heterocycles. The molecular weight excluding hydrogens is 590 g/mol. The first-order valence-electron chi connectivity index (χ1n) is 16.5. The fourth-order valence-electron chi connectivity index (χ4n) is 5.75. The van der Waals surface area contributed by atoms with Gasteiger partial charge in [-0.2, -0.15) is 0 Å². The topological polar surface area (TPSA) is 188 Å². The van der Waals surface area contributed by atoms with Crippen molar-refractivity contribution in [2.45, 2.75) is 117 Å². The van der Waals surface area contributed by atoms with Crippen LogP contribution in [0.3, 0.4) is 0 Å². The first-order valence-corrected chi connectivity index (χ1v) is 16.5. The minimum Gasteiger partial charge on any atom is -0.354 e. The van der Waals surface area contributed by atoms with Gasteiger partial charge in [0.25, 0.3) is 11.8 Å². The summed E-state index contributed by atoms with van der Waals surface area (Å²) in [4.78, 5) is 85.5. The Morgan fingerprint density at radius 2 is 1.61 bits per heavy atom. The van der Waals surface area contributed by atoms with E-state index in [2.05, 4.69) is 36.6 Å². The van der Waals surface area contributed by atoms with Gasteiger partial charge < -0.3 is 26.6 Å². The lowest BCUT2D eigenvalue weighted by Crippen LogP contribution is -2.59. The van der Waals surface area contributed by atoms with E-state index in [9.17, 15) is 28.8 Å². The van der Waals surface area contributed by atoms with Crippen LogP contribution in [0.5, 0.6) is 0 Å². The van der Waals surface area contributed by atoms with Gasteiger partial charge in [-0.25, -0.2) is 4.98 Å². The third kappa shape index (κ3) is 10.9. The highest BCUT2D eigenvalue weighted by molar-refractivity contribution is 6.38. The quantitative estimate of drug-likeness (QED) is 0.169. The lowest BCUT2D eigenvalue weighted by atomic mass is 9.85. The molecule has 0 spiro atoms. The van der Waals surface area contributed by atoms with Crippen LogP contribution in [0.15, 0.2) is 18.6 Å². The van der Waals surface area contributed by atoms with Crippen molar-refractivity contribution in [3.8, 4) is 0 Å². The number of amides is 5. The molecule has 1 aromatic heterocycles. The number of ketones is 1. The Labute approximate surface area is 271 Å². The summed E-state index contributed by atoms with van der Waals surface area (Å²) in [6.45, 7) is 11.4. The zero-order valence-corrected chi connectivity index (χ0v) is 28.0. The number of aromatic nitrogens is 2. The van der Waals surface area contributed by atoms with Crippen molar-refractivity contribution in [2.75, 3.05) is 6.54 Å². The predicted molar refractivity (Wildman–Crippen MR) is 171 cm³/mol. The Kier molecular flexibility index (Phi) is 13.2. The fourth-order valence-corrected chi connectivity index (χ4v) is 5.75. The molecule has 2 saturated carbocycles. The van der Waals surface area contributed by atoms with Crippen molar-refractivity contribution in [3.63, 3.8) is 0 Å². The monoisotopic (exact) mass is 641 g/mol. The number of hydrogen-bond donors (Lipinski definition) is 5. The molecule has 1 aromatic rings. The van der Waals surface area contributed by atoms with Gasteiger partial charge in [0.2, 0.25) is 23.5 Å². The van der Waals surface area contributed by atoms with Gasteiger partial charge in [0.1, 0.15) is 17.8 Å². The van der Waals surface area contributed by atoms with Gasteiger partial charge in [0.15, 0.2) is 0 Å². The lowest BCUT2D eigenvalue weighted by molar-refractivity contribution is -0.140. The predicted octanol–water partition coefficient (Wildman–Crippen LogP) is 1.82. The third-order valence-electron chi connectivity index (χ3n) is 8.61. The zero-order chi connectivity index (χ0) is 34.0. The van der Waals surface area contributed by atoms with E-state index in [1.54, 1.807) is 13.8 Å². The minimum atomic E-state index is -0.909. The second kappa shape index (κ2) is 16.6. The number of carbonyl (C=O) groups excluding carboxylic acids is 6. The second-order valence-corrected chi connectivity index (χ2v) is 14.0. The molecule has 3 rings (SSSR count). The van der Waals surface area contributed by atoms with Gasteiger partial charge in [0, 0.05) is 31.4 Å². The lowest BCUT2D eigenvalue weighted by Gasteiger charge is -2.33. The highest BCUT2D eigenvalue weighted by Crippen LogP contribution is 2.34. The molecule has 2 fully saturated rings. The highest BCUT2D eigenvalue weighted by Gasteiger charge is 2.38. The Morgan fingerprint density at radius 1 is 0.913 bits per heavy atom. The normalized spacial score (nSPS) is 19.8. The van der Waals surface area contributed by atoms with Crippen LogP contribution in [0.1, 0.15) is 103 Å². The van der Waals surface area contributed by atoms with E-state index in [1.165, 1.54) is 18.6 Å². The minimum absolute atomic E-state index is 0.00210.